The van der Waals surface area contributed by atoms with E-state index < -0.39 is 10.0 Å². The Morgan fingerprint density at radius 1 is 1.14 bits per heavy atom. The molecule has 4 nitrogen and oxygen atoms in total. The maximum Gasteiger partial charge on any atom is 0.264 e. The zero-order chi connectivity index (χ0) is 15.0. The second-order valence-electron chi connectivity index (χ2n) is 5.09. The highest BCUT2D eigenvalue weighted by Crippen LogP contribution is 2.35. The average Bonchev–Trinajstić information content (AvgIpc) is 2.91. The number of methoxy groups -OCH3 is 1. The van der Waals surface area contributed by atoms with E-state index in [1.165, 1.54) is 4.31 Å². The van der Waals surface area contributed by atoms with Gasteiger partial charge in [-0.2, -0.15) is 0 Å². The van der Waals surface area contributed by atoms with E-state index >= 15 is 0 Å². The fraction of sp³-hybridized carbons (Fsp3) is 0.250. The van der Waals surface area contributed by atoms with Crippen molar-refractivity contribution in [3.63, 3.8) is 0 Å². The first-order chi connectivity index (χ1) is 10.0. The number of sulfonamides is 1. The van der Waals surface area contributed by atoms with Gasteiger partial charge in [-0.05, 0) is 48.7 Å². The highest BCUT2D eigenvalue weighted by atomic mass is 32.2. The number of fused-ring (bicyclic) bond motifs is 1. The summed E-state index contributed by atoms with van der Waals surface area (Å²) in [4.78, 5) is 0.369. The molecule has 3 rings (SSSR count). The third-order valence-corrected chi connectivity index (χ3v) is 5.77. The fourth-order valence-electron chi connectivity index (χ4n) is 2.69. The molecule has 0 spiro atoms. The summed E-state index contributed by atoms with van der Waals surface area (Å²) >= 11 is 0. The first-order valence-corrected chi connectivity index (χ1v) is 8.23. The largest absolute Gasteiger partial charge is 0.497 e. The topological polar surface area (TPSA) is 46.6 Å². The summed E-state index contributed by atoms with van der Waals surface area (Å²) in [6.07, 6.45) is 0.706. The van der Waals surface area contributed by atoms with Crippen molar-refractivity contribution in [1.82, 2.24) is 0 Å². The third kappa shape index (κ3) is 2.27. The Hall–Kier alpha value is -2.01. The number of nitrogens with zero attached hydrogens (tertiary/aromatic N) is 1. The summed E-state index contributed by atoms with van der Waals surface area (Å²) in [5.41, 5.74) is 2.52. The van der Waals surface area contributed by atoms with Crippen molar-refractivity contribution in [2.45, 2.75) is 18.2 Å². The van der Waals surface area contributed by atoms with Crippen molar-refractivity contribution in [2.24, 2.45) is 0 Å². The highest BCUT2D eigenvalue weighted by molar-refractivity contribution is 7.93. The van der Waals surface area contributed by atoms with E-state index in [2.05, 4.69) is 0 Å². The van der Waals surface area contributed by atoms with E-state index in [9.17, 15) is 8.42 Å². The van der Waals surface area contributed by atoms with Gasteiger partial charge >= 0.3 is 0 Å². The van der Waals surface area contributed by atoms with Crippen molar-refractivity contribution >= 4 is 15.7 Å². The van der Waals surface area contributed by atoms with Gasteiger partial charge in [-0.1, -0.05) is 18.2 Å². The minimum atomic E-state index is -3.51. The van der Waals surface area contributed by atoms with Gasteiger partial charge in [0.2, 0.25) is 0 Å². The van der Waals surface area contributed by atoms with Gasteiger partial charge in [-0.3, -0.25) is 4.31 Å². The lowest BCUT2D eigenvalue weighted by atomic mass is 10.1. The first kappa shape index (κ1) is 13.9. The Kier molecular flexibility index (Phi) is 3.37. The molecule has 0 unspecified atom stereocenters. The lowest BCUT2D eigenvalue weighted by Gasteiger charge is -2.20. The Morgan fingerprint density at radius 2 is 1.90 bits per heavy atom. The molecule has 0 bridgehead atoms. The molecule has 0 amide bonds. The van der Waals surface area contributed by atoms with Gasteiger partial charge in [0.25, 0.3) is 10.0 Å². The lowest BCUT2D eigenvalue weighted by Crippen LogP contribution is -2.29. The van der Waals surface area contributed by atoms with E-state index in [-0.39, 0.29) is 0 Å². The molecule has 0 saturated heterocycles. The van der Waals surface area contributed by atoms with Crippen LogP contribution in [0.5, 0.6) is 5.75 Å². The van der Waals surface area contributed by atoms with Crippen molar-refractivity contribution in [3.8, 4) is 5.75 Å². The Bertz CT molecular complexity index is 784. The molecule has 2 aromatic carbocycles. The molecule has 0 aromatic heterocycles. The molecule has 0 N–H and O–H groups in total. The Balaban J connectivity index is 2.06. The summed E-state index contributed by atoms with van der Waals surface area (Å²) in [7, 11) is -1.90. The normalized spacial score (nSPS) is 14.1. The van der Waals surface area contributed by atoms with E-state index in [0.29, 0.717) is 17.9 Å². The van der Waals surface area contributed by atoms with Crippen molar-refractivity contribution < 1.29 is 13.2 Å². The van der Waals surface area contributed by atoms with Crippen LogP contribution in [-0.2, 0) is 16.4 Å². The molecule has 0 fully saturated rings. The van der Waals surface area contributed by atoms with Gasteiger partial charge in [0.1, 0.15) is 5.75 Å². The van der Waals surface area contributed by atoms with Crippen LogP contribution in [0, 0.1) is 6.92 Å². The van der Waals surface area contributed by atoms with E-state index in [1.807, 2.05) is 31.2 Å². The Labute approximate surface area is 125 Å². The number of anilines is 1. The summed E-state index contributed by atoms with van der Waals surface area (Å²) in [5, 5.41) is 0. The molecule has 110 valence electrons. The first-order valence-electron chi connectivity index (χ1n) is 6.79. The number of ether oxygens (including phenoxy) is 1. The summed E-state index contributed by atoms with van der Waals surface area (Å²) in [5.74, 6) is 0.754. The molecule has 21 heavy (non-hydrogen) atoms. The van der Waals surface area contributed by atoms with Gasteiger partial charge in [-0.15, -0.1) is 0 Å². The van der Waals surface area contributed by atoms with Gasteiger partial charge < -0.3 is 4.74 Å². The number of aryl methyl sites for hydroxylation is 1. The summed E-state index contributed by atoms with van der Waals surface area (Å²) in [6, 6.07) is 12.6. The smallest absolute Gasteiger partial charge is 0.264 e. The minimum Gasteiger partial charge on any atom is -0.497 e. The van der Waals surface area contributed by atoms with Crippen molar-refractivity contribution in [1.29, 1.82) is 0 Å². The number of rotatable bonds is 3. The van der Waals surface area contributed by atoms with Crippen molar-refractivity contribution in [3.05, 3.63) is 53.6 Å². The van der Waals surface area contributed by atoms with Gasteiger partial charge in [0, 0.05) is 6.54 Å². The molecule has 1 aliphatic heterocycles. The molecule has 2 aromatic rings. The predicted octanol–water partition coefficient (Wildman–Crippen LogP) is 2.76. The van der Waals surface area contributed by atoms with Crippen LogP contribution in [0.25, 0.3) is 0 Å². The molecule has 0 saturated carbocycles. The summed E-state index contributed by atoms with van der Waals surface area (Å²) < 4.78 is 32.4. The molecule has 0 atom stereocenters. The van der Waals surface area contributed by atoms with Gasteiger partial charge in [0.05, 0.1) is 17.7 Å². The highest BCUT2D eigenvalue weighted by Gasteiger charge is 2.31. The SMILES string of the molecule is COc1ccc2c(c1)CCN2S(=O)(=O)c1ccccc1C. The monoisotopic (exact) mass is 303 g/mol. The molecular weight excluding hydrogens is 286 g/mol. The van der Waals surface area contributed by atoms with E-state index in [4.69, 9.17) is 4.74 Å². The third-order valence-electron chi connectivity index (χ3n) is 3.80. The number of benzene rings is 2. The molecule has 5 heteroatoms. The van der Waals surface area contributed by atoms with Gasteiger partial charge in [-0.25, -0.2) is 8.42 Å². The van der Waals surface area contributed by atoms with Crippen LogP contribution in [0.4, 0.5) is 5.69 Å². The van der Waals surface area contributed by atoms with Crippen molar-refractivity contribution in [2.75, 3.05) is 18.0 Å². The molecule has 1 aliphatic rings. The maximum absolute atomic E-state index is 12.9. The van der Waals surface area contributed by atoms with Gasteiger partial charge in [0.15, 0.2) is 0 Å². The van der Waals surface area contributed by atoms with E-state index in [0.717, 1.165) is 22.6 Å². The molecule has 0 aliphatic carbocycles. The zero-order valence-electron chi connectivity index (χ0n) is 12.0. The van der Waals surface area contributed by atoms with Crippen LogP contribution < -0.4 is 9.04 Å². The lowest BCUT2D eigenvalue weighted by molar-refractivity contribution is 0.414. The van der Waals surface area contributed by atoms with Crippen LogP contribution in [0.3, 0.4) is 0 Å². The average molecular weight is 303 g/mol. The molecule has 0 radical (unpaired) electrons. The maximum atomic E-state index is 12.9. The quantitative estimate of drug-likeness (QED) is 0.876. The zero-order valence-corrected chi connectivity index (χ0v) is 12.9. The number of hydrogen-bond donors (Lipinski definition) is 0. The van der Waals surface area contributed by atoms with Crippen LogP contribution in [0.1, 0.15) is 11.1 Å². The molecule has 1 heterocycles. The van der Waals surface area contributed by atoms with E-state index in [1.54, 1.807) is 25.3 Å². The second-order valence-corrected chi connectivity index (χ2v) is 6.92. The Morgan fingerprint density at radius 3 is 2.62 bits per heavy atom. The second kappa shape index (κ2) is 5.07. The predicted molar refractivity (Wildman–Crippen MR) is 82.4 cm³/mol. The minimum absolute atomic E-state index is 0.369. The fourth-order valence-corrected chi connectivity index (χ4v) is 4.42. The van der Waals surface area contributed by atoms with Crippen LogP contribution in [0.2, 0.25) is 0 Å². The standard InChI is InChI=1S/C16H17NO3S/c1-12-5-3-4-6-16(12)21(18,19)17-10-9-13-11-14(20-2)7-8-15(13)17/h3-8,11H,9-10H2,1-2H3. The molecular formula is C16H17NO3S. The number of hydrogen-bond acceptors (Lipinski definition) is 3. The van der Waals surface area contributed by atoms with Crippen LogP contribution >= 0.6 is 0 Å². The van der Waals surface area contributed by atoms with Crippen LogP contribution in [-0.4, -0.2) is 22.1 Å². The summed E-state index contributed by atoms with van der Waals surface area (Å²) in [6.45, 7) is 2.29. The van der Waals surface area contributed by atoms with Crippen LogP contribution in [0.15, 0.2) is 47.4 Å².